The molecular weight excluding hydrogens is 401 g/mol. The van der Waals surface area contributed by atoms with E-state index in [1.807, 2.05) is 6.07 Å². The number of amides is 1. The minimum atomic E-state index is -0.313. The predicted molar refractivity (Wildman–Crippen MR) is 108 cm³/mol. The first-order chi connectivity index (χ1) is 13.6. The van der Waals surface area contributed by atoms with Crippen molar-refractivity contribution >= 4 is 34.9 Å². The van der Waals surface area contributed by atoms with Crippen LogP contribution < -0.4 is 15.4 Å². The van der Waals surface area contributed by atoms with Gasteiger partial charge in [0, 0.05) is 18.9 Å². The summed E-state index contributed by atoms with van der Waals surface area (Å²) in [7, 11) is 1.56. The highest BCUT2D eigenvalue weighted by Crippen LogP contribution is 2.25. The molecular formula is C19H17Cl2N5O2. The molecule has 0 aliphatic heterocycles. The maximum Gasteiger partial charge on any atom is 0.255 e. The molecule has 0 bridgehead atoms. The van der Waals surface area contributed by atoms with Crippen molar-refractivity contribution in [1.82, 2.24) is 20.3 Å². The molecule has 0 atom stereocenters. The smallest absolute Gasteiger partial charge is 0.255 e. The van der Waals surface area contributed by atoms with E-state index in [-0.39, 0.29) is 17.6 Å². The Bertz CT molecular complexity index is 970. The molecule has 0 saturated heterocycles. The van der Waals surface area contributed by atoms with Crippen LogP contribution in [0.4, 0.5) is 5.82 Å². The number of methoxy groups -OCH3 is 1. The summed E-state index contributed by atoms with van der Waals surface area (Å²) in [6, 6.07) is 10.3. The molecule has 0 saturated carbocycles. The average Bonchev–Trinajstić information content (AvgIpc) is 2.71. The summed E-state index contributed by atoms with van der Waals surface area (Å²) in [5.41, 5.74) is 1.26. The van der Waals surface area contributed by atoms with Crippen molar-refractivity contribution in [1.29, 1.82) is 0 Å². The quantitative estimate of drug-likeness (QED) is 0.569. The number of aromatic nitrogens is 3. The maximum atomic E-state index is 12.6. The van der Waals surface area contributed by atoms with Crippen LogP contribution in [-0.4, -0.2) is 28.0 Å². The molecule has 1 aromatic carbocycles. The monoisotopic (exact) mass is 417 g/mol. The van der Waals surface area contributed by atoms with Crippen LogP contribution in [-0.2, 0) is 13.1 Å². The number of nitrogens with one attached hydrogen (secondary N) is 2. The Morgan fingerprint density at radius 2 is 1.89 bits per heavy atom. The molecule has 0 fully saturated rings. The molecule has 2 N–H and O–H groups in total. The standard InChI is InChI=1S/C19H17Cl2N5O2/c1-28-15-5-3-12(9-14(15)20)10-24-18-13(4-6-16(21)26-18)19(27)25-11-17-22-7-2-8-23-17/h2-9H,10-11H2,1H3,(H,24,26)(H,25,27). The molecule has 28 heavy (non-hydrogen) atoms. The van der Waals surface area contributed by atoms with Gasteiger partial charge in [0.25, 0.3) is 5.91 Å². The van der Waals surface area contributed by atoms with Gasteiger partial charge in [-0.25, -0.2) is 15.0 Å². The number of benzene rings is 1. The molecule has 0 unspecified atom stereocenters. The SMILES string of the molecule is COc1ccc(CNc2nc(Cl)ccc2C(=O)NCc2ncccn2)cc1Cl. The van der Waals surface area contributed by atoms with Crippen molar-refractivity contribution in [2.24, 2.45) is 0 Å². The minimum absolute atomic E-state index is 0.204. The molecule has 3 rings (SSSR count). The minimum Gasteiger partial charge on any atom is -0.495 e. The number of carbonyl (C=O) groups is 1. The van der Waals surface area contributed by atoms with E-state index in [9.17, 15) is 4.79 Å². The lowest BCUT2D eigenvalue weighted by molar-refractivity contribution is 0.0950. The van der Waals surface area contributed by atoms with Crippen molar-refractivity contribution in [3.63, 3.8) is 0 Å². The van der Waals surface area contributed by atoms with Gasteiger partial charge in [0.2, 0.25) is 0 Å². The van der Waals surface area contributed by atoms with Crippen LogP contribution in [0.3, 0.4) is 0 Å². The van der Waals surface area contributed by atoms with Gasteiger partial charge in [-0.2, -0.15) is 0 Å². The highest BCUT2D eigenvalue weighted by atomic mass is 35.5. The van der Waals surface area contributed by atoms with Crippen LogP contribution >= 0.6 is 23.2 Å². The summed E-state index contributed by atoms with van der Waals surface area (Å²) < 4.78 is 5.15. The Morgan fingerprint density at radius 1 is 1.11 bits per heavy atom. The number of carbonyl (C=O) groups excluding carboxylic acids is 1. The molecule has 0 aliphatic carbocycles. The fraction of sp³-hybridized carbons (Fsp3) is 0.158. The number of ether oxygens (including phenoxy) is 1. The Labute approximate surface area is 172 Å². The summed E-state index contributed by atoms with van der Waals surface area (Å²) >= 11 is 12.2. The van der Waals surface area contributed by atoms with Gasteiger partial charge in [-0.3, -0.25) is 4.79 Å². The third kappa shape index (κ3) is 5.09. The number of pyridine rings is 1. The van der Waals surface area contributed by atoms with Gasteiger partial charge in [0.1, 0.15) is 22.5 Å². The topological polar surface area (TPSA) is 89.0 Å². The predicted octanol–water partition coefficient (Wildman–Crippen LogP) is 3.73. The average molecular weight is 418 g/mol. The fourth-order valence-corrected chi connectivity index (χ4v) is 2.86. The maximum absolute atomic E-state index is 12.6. The van der Waals surface area contributed by atoms with Crippen LogP contribution in [0.2, 0.25) is 10.2 Å². The Morgan fingerprint density at radius 3 is 2.61 bits per heavy atom. The number of nitrogens with zero attached hydrogens (tertiary/aromatic N) is 3. The molecule has 144 valence electrons. The van der Waals surface area contributed by atoms with Gasteiger partial charge < -0.3 is 15.4 Å². The molecule has 1 amide bonds. The van der Waals surface area contributed by atoms with E-state index in [0.29, 0.717) is 34.5 Å². The van der Waals surface area contributed by atoms with E-state index in [1.54, 1.807) is 49.8 Å². The molecule has 7 nitrogen and oxygen atoms in total. The van der Waals surface area contributed by atoms with Crippen LogP contribution in [0, 0.1) is 0 Å². The summed E-state index contributed by atoms with van der Waals surface area (Å²) in [5.74, 6) is 1.16. The molecule has 9 heteroatoms. The lowest BCUT2D eigenvalue weighted by atomic mass is 10.2. The zero-order valence-corrected chi connectivity index (χ0v) is 16.5. The number of hydrogen-bond donors (Lipinski definition) is 2. The van der Waals surface area contributed by atoms with Gasteiger partial charge in [0.05, 0.1) is 24.2 Å². The van der Waals surface area contributed by atoms with E-state index >= 15 is 0 Å². The Kier molecular flexibility index (Phi) is 6.62. The summed E-state index contributed by atoms with van der Waals surface area (Å²) in [5, 5.41) is 6.68. The first kappa shape index (κ1) is 19.9. The molecule has 2 aromatic heterocycles. The number of anilines is 1. The van der Waals surface area contributed by atoms with Crippen molar-refractivity contribution < 1.29 is 9.53 Å². The molecule has 0 spiro atoms. The molecule has 3 aromatic rings. The van der Waals surface area contributed by atoms with Crippen molar-refractivity contribution in [3.05, 3.63) is 75.9 Å². The van der Waals surface area contributed by atoms with Crippen molar-refractivity contribution in [3.8, 4) is 5.75 Å². The van der Waals surface area contributed by atoms with Crippen molar-refractivity contribution in [2.45, 2.75) is 13.1 Å². The van der Waals surface area contributed by atoms with Gasteiger partial charge in [0.15, 0.2) is 0 Å². The Hall–Kier alpha value is -2.90. The van der Waals surface area contributed by atoms with Crippen LogP contribution in [0.15, 0.2) is 48.8 Å². The van der Waals surface area contributed by atoms with Gasteiger partial charge in [-0.05, 0) is 35.9 Å². The van der Waals surface area contributed by atoms with Crippen molar-refractivity contribution in [2.75, 3.05) is 12.4 Å². The fourth-order valence-electron chi connectivity index (χ4n) is 2.43. The second-order valence-corrected chi connectivity index (χ2v) is 6.49. The van der Waals surface area contributed by atoms with Gasteiger partial charge in [-0.1, -0.05) is 29.3 Å². The van der Waals surface area contributed by atoms with Crippen LogP contribution in [0.5, 0.6) is 5.75 Å². The Balaban J connectivity index is 1.71. The van der Waals surface area contributed by atoms with E-state index in [1.165, 1.54) is 0 Å². The van der Waals surface area contributed by atoms with E-state index in [0.717, 1.165) is 5.56 Å². The third-order valence-electron chi connectivity index (χ3n) is 3.81. The second kappa shape index (κ2) is 9.34. The van der Waals surface area contributed by atoms with Crippen LogP contribution in [0.25, 0.3) is 0 Å². The summed E-state index contributed by atoms with van der Waals surface area (Å²) in [4.78, 5) is 25.0. The normalized spacial score (nSPS) is 10.4. The summed E-state index contributed by atoms with van der Waals surface area (Å²) in [6.45, 7) is 0.606. The van der Waals surface area contributed by atoms with E-state index in [4.69, 9.17) is 27.9 Å². The second-order valence-electron chi connectivity index (χ2n) is 5.70. The molecule has 2 heterocycles. The largest absolute Gasteiger partial charge is 0.495 e. The van der Waals surface area contributed by atoms with Crippen LogP contribution in [0.1, 0.15) is 21.7 Å². The van der Waals surface area contributed by atoms with E-state index < -0.39 is 0 Å². The lowest BCUT2D eigenvalue weighted by Crippen LogP contribution is -2.25. The molecule has 0 aliphatic rings. The zero-order chi connectivity index (χ0) is 19.9. The number of rotatable bonds is 7. The lowest BCUT2D eigenvalue weighted by Gasteiger charge is -2.12. The van der Waals surface area contributed by atoms with Gasteiger partial charge in [-0.15, -0.1) is 0 Å². The highest BCUT2D eigenvalue weighted by Gasteiger charge is 2.14. The first-order valence-corrected chi connectivity index (χ1v) is 9.09. The first-order valence-electron chi connectivity index (χ1n) is 8.33. The number of hydrogen-bond acceptors (Lipinski definition) is 6. The van der Waals surface area contributed by atoms with Gasteiger partial charge >= 0.3 is 0 Å². The number of halogens is 2. The zero-order valence-electron chi connectivity index (χ0n) is 14.9. The highest BCUT2D eigenvalue weighted by molar-refractivity contribution is 6.32. The molecule has 0 radical (unpaired) electrons. The third-order valence-corrected chi connectivity index (χ3v) is 4.31. The summed E-state index contributed by atoms with van der Waals surface area (Å²) in [6.07, 6.45) is 3.23. The van der Waals surface area contributed by atoms with E-state index in [2.05, 4.69) is 25.6 Å².